The van der Waals surface area contributed by atoms with Crippen molar-refractivity contribution in [3.05, 3.63) is 0 Å². The molecule has 19 heavy (non-hydrogen) atoms. The van der Waals surface area contributed by atoms with Crippen LogP contribution in [-0.4, -0.2) is 79.6 Å². The number of rotatable bonds is 7. The summed E-state index contributed by atoms with van der Waals surface area (Å²) in [6, 6.07) is -1.31. The summed E-state index contributed by atoms with van der Waals surface area (Å²) in [7, 11) is 5.11. The maximum Gasteiger partial charge on any atom is 0.321 e. The minimum atomic E-state index is -1.02. The van der Waals surface area contributed by atoms with Crippen LogP contribution in [0.25, 0.3) is 0 Å². The maximum atomic E-state index is 11.8. The van der Waals surface area contributed by atoms with Gasteiger partial charge in [-0.25, -0.2) is 4.79 Å². The number of aliphatic carboxylic acids is 1. The highest BCUT2D eigenvalue weighted by molar-refractivity contribution is 5.96. The zero-order chi connectivity index (χ0) is 15.0. The van der Waals surface area contributed by atoms with Gasteiger partial charge in [0.25, 0.3) is 0 Å². The van der Waals surface area contributed by atoms with Gasteiger partial charge >= 0.3 is 12.0 Å². The van der Waals surface area contributed by atoms with Crippen molar-refractivity contribution in [2.24, 2.45) is 0 Å². The van der Waals surface area contributed by atoms with E-state index in [0.29, 0.717) is 13.1 Å². The molecule has 0 bridgehead atoms. The molecule has 110 valence electrons. The average molecular weight is 274 g/mol. The van der Waals surface area contributed by atoms with Crippen LogP contribution in [0.4, 0.5) is 4.79 Å². The number of hydrogen-bond acceptors (Lipinski definition) is 5. The summed E-state index contributed by atoms with van der Waals surface area (Å²) in [5.74, 6) is -1.54. The van der Waals surface area contributed by atoms with Crippen molar-refractivity contribution in [2.45, 2.75) is 13.0 Å². The number of carboxylic acids is 1. The van der Waals surface area contributed by atoms with E-state index < -0.39 is 23.9 Å². The van der Waals surface area contributed by atoms with Crippen molar-refractivity contribution >= 4 is 17.9 Å². The number of likely N-dealkylation sites (N-methyl/N-ethyl adjacent to an activating group) is 1. The largest absolute Gasteiger partial charge is 0.480 e. The average Bonchev–Trinajstić information content (AvgIpc) is 2.32. The summed E-state index contributed by atoms with van der Waals surface area (Å²) in [5, 5.41) is 13.2. The van der Waals surface area contributed by atoms with Gasteiger partial charge in [0.1, 0.15) is 0 Å². The fraction of sp³-hybridized carbons (Fsp3) is 0.727. The molecule has 0 saturated carbocycles. The zero-order valence-electron chi connectivity index (χ0n) is 11.8. The smallest absolute Gasteiger partial charge is 0.321 e. The standard InChI is InChI=1S/C11H22N4O4/c1-8(10(18)13-11(19)12-2)15(7-9(16)17)6-5-14(3)4/h8H,5-7H2,1-4H3,(H,16,17)(H2,12,13,18,19). The third-order valence-electron chi connectivity index (χ3n) is 2.56. The topological polar surface area (TPSA) is 102 Å². The normalized spacial score (nSPS) is 12.3. The molecule has 0 aliphatic carbocycles. The van der Waals surface area contributed by atoms with E-state index in [2.05, 4.69) is 10.6 Å². The molecule has 0 aromatic rings. The van der Waals surface area contributed by atoms with E-state index in [1.54, 1.807) is 6.92 Å². The number of imide groups is 1. The Bertz CT molecular complexity index is 333. The molecule has 0 fully saturated rings. The number of nitrogens with zero attached hydrogens (tertiary/aromatic N) is 2. The van der Waals surface area contributed by atoms with Crippen molar-refractivity contribution in [1.29, 1.82) is 0 Å². The highest BCUT2D eigenvalue weighted by atomic mass is 16.4. The van der Waals surface area contributed by atoms with E-state index >= 15 is 0 Å². The molecule has 0 saturated heterocycles. The fourth-order valence-corrected chi connectivity index (χ4v) is 1.36. The predicted molar refractivity (Wildman–Crippen MR) is 69.8 cm³/mol. The van der Waals surface area contributed by atoms with Crippen molar-refractivity contribution in [3.8, 4) is 0 Å². The van der Waals surface area contributed by atoms with E-state index in [1.165, 1.54) is 11.9 Å². The first-order chi connectivity index (χ1) is 8.77. The molecule has 0 aliphatic heterocycles. The fourth-order valence-electron chi connectivity index (χ4n) is 1.36. The molecule has 3 N–H and O–H groups in total. The van der Waals surface area contributed by atoms with Gasteiger partial charge in [-0.05, 0) is 21.0 Å². The predicted octanol–water partition coefficient (Wildman–Crippen LogP) is -1.22. The van der Waals surface area contributed by atoms with Crippen LogP contribution in [-0.2, 0) is 9.59 Å². The molecule has 0 heterocycles. The summed E-state index contributed by atoms with van der Waals surface area (Å²) in [4.78, 5) is 37.0. The van der Waals surface area contributed by atoms with Crippen LogP contribution in [0.15, 0.2) is 0 Å². The van der Waals surface area contributed by atoms with Gasteiger partial charge in [0, 0.05) is 20.1 Å². The molecule has 0 radical (unpaired) electrons. The van der Waals surface area contributed by atoms with Crippen LogP contribution in [0.3, 0.4) is 0 Å². The SMILES string of the molecule is CNC(=O)NC(=O)C(C)N(CCN(C)C)CC(=O)O. The number of urea groups is 1. The maximum absolute atomic E-state index is 11.8. The Morgan fingerprint density at radius 2 is 1.79 bits per heavy atom. The van der Waals surface area contributed by atoms with Gasteiger partial charge < -0.3 is 15.3 Å². The molecular formula is C11H22N4O4. The Morgan fingerprint density at radius 1 is 1.21 bits per heavy atom. The number of carbonyl (C=O) groups is 3. The lowest BCUT2D eigenvalue weighted by Crippen LogP contribution is -2.51. The number of carbonyl (C=O) groups excluding carboxylic acids is 2. The lowest BCUT2D eigenvalue weighted by molar-refractivity contribution is -0.139. The van der Waals surface area contributed by atoms with Gasteiger partial charge in [-0.15, -0.1) is 0 Å². The highest BCUT2D eigenvalue weighted by Gasteiger charge is 2.24. The quantitative estimate of drug-likeness (QED) is 0.538. The van der Waals surface area contributed by atoms with Crippen molar-refractivity contribution < 1.29 is 19.5 Å². The monoisotopic (exact) mass is 274 g/mol. The van der Waals surface area contributed by atoms with Gasteiger partial charge in [0.05, 0.1) is 12.6 Å². The second kappa shape index (κ2) is 8.44. The first kappa shape index (κ1) is 17.3. The Morgan fingerprint density at radius 3 is 2.21 bits per heavy atom. The van der Waals surface area contributed by atoms with Crippen LogP contribution in [0.1, 0.15) is 6.92 Å². The molecule has 0 rings (SSSR count). The van der Waals surface area contributed by atoms with Gasteiger partial charge in [-0.1, -0.05) is 0 Å². The number of amides is 3. The molecule has 0 aromatic heterocycles. The van der Waals surface area contributed by atoms with E-state index in [1.807, 2.05) is 19.0 Å². The summed E-state index contributed by atoms with van der Waals surface area (Å²) >= 11 is 0. The minimum absolute atomic E-state index is 0.254. The third-order valence-corrected chi connectivity index (χ3v) is 2.56. The summed E-state index contributed by atoms with van der Waals surface area (Å²) < 4.78 is 0. The van der Waals surface area contributed by atoms with Gasteiger partial charge in [0.15, 0.2) is 0 Å². The third kappa shape index (κ3) is 7.37. The van der Waals surface area contributed by atoms with Crippen LogP contribution in [0.5, 0.6) is 0 Å². The van der Waals surface area contributed by atoms with Crippen LogP contribution in [0, 0.1) is 0 Å². The molecule has 0 aliphatic rings. The molecule has 0 spiro atoms. The summed E-state index contributed by atoms with van der Waals surface area (Å²) in [5.41, 5.74) is 0. The van der Waals surface area contributed by atoms with Gasteiger partial charge in [-0.2, -0.15) is 0 Å². The lowest BCUT2D eigenvalue weighted by Gasteiger charge is -2.27. The first-order valence-electron chi connectivity index (χ1n) is 5.91. The van der Waals surface area contributed by atoms with Crippen molar-refractivity contribution in [1.82, 2.24) is 20.4 Å². The summed E-state index contributed by atoms with van der Waals surface area (Å²) in [6.07, 6.45) is 0. The summed E-state index contributed by atoms with van der Waals surface area (Å²) in [6.45, 7) is 2.35. The molecule has 8 nitrogen and oxygen atoms in total. The Labute approximate surface area is 112 Å². The molecule has 0 aromatic carbocycles. The molecule has 3 amide bonds. The minimum Gasteiger partial charge on any atom is -0.480 e. The zero-order valence-corrected chi connectivity index (χ0v) is 11.8. The first-order valence-corrected chi connectivity index (χ1v) is 5.91. The second-order valence-corrected chi connectivity index (χ2v) is 4.41. The van der Waals surface area contributed by atoms with Crippen LogP contribution >= 0.6 is 0 Å². The molecule has 1 unspecified atom stereocenters. The Kier molecular flexibility index (Phi) is 7.69. The Balaban J connectivity index is 4.59. The van der Waals surface area contributed by atoms with Gasteiger partial charge in [0.2, 0.25) is 5.91 Å². The van der Waals surface area contributed by atoms with Crippen LogP contribution < -0.4 is 10.6 Å². The second-order valence-electron chi connectivity index (χ2n) is 4.41. The molecule has 1 atom stereocenters. The highest BCUT2D eigenvalue weighted by Crippen LogP contribution is 2.00. The van der Waals surface area contributed by atoms with Gasteiger partial charge in [-0.3, -0.25) is 19.8 Å². The van der Waals surface area contributed by atoms with Crippen LogP contribution in [0.2, 0.25) is 0 Å². The number of nitrogens with one attached hydrogen (secondary N) is 2. The molecule has 8 heteroatoms. The number of hydrogen-bond donors (Lipinski definition) is 3. The van der Waals surface area contributed by atoms with Crippen molar-refractivity contribution in [2.75, 3.05) is 40.8 Å². The van der Waals surface area contributed by atoms with E-state index in [0.717, 1.165) is 0 Å². The number of carboxylic acid groups (broad SMARTS) is 1. The van der Waals surface area contributed by atoms with E-state index in [4.69, 9.17) is 5.11 Å². The van der Waals surface area contributed by atoms with E-state index in [-0.39, 0.29) is 6.54 Å². The van der Waals surface area contributed by atoms with Crippen molar-refractivity contribution in [3.63, 3.8) is 0 Å². The van der Waals surface area contributed by atoms with E-state index in [9.17, 15) is 14.4 Å². The Hall–Kier alpha value is -1.67. The molecular weight excluding hydrogens is 252 g/mol. The lowest BCUT2D eigenvalue weighted by atomic mass is 10.2.